The summed E-state index contributed by atoms with van der Waals surface area (Å²) in [6, 6.07) is 35.4. The summed E-state index contributed by atoms with van der Waals surface area (Å²) in [5.74, 6) is 3.97. The van der Waals surface area contributed by atoms with Crippen LogP contribution in [0, 0.1) is 83.1 Å². The van der Waals surface area contributed by atoms with Crippen LogP contribution in [-0.4, -0.2) is 86.2 Å². The predicted molar refractivity (Wildman–Crippen MR) is 555 cm³/mol. The number of hydrogen-bond acceptors (Lipinski definition) is 9. The number of morpholine rings is 1. The summed E-state index contributed by atoms with van der Waals surface area (Å²) in [4.78, 5) is 9.44. The van der Waals surface area contributed by atoms with Gasteiger partial charge in [0.1, 0.15) is 18.8 Å². The molecule has 8 saturated carbocycles. The minimum Gasteiger partial charge on any atom is -0.383 e. The molecule has 0 radical (unpaired) electrons. The molecule has 0 amide bonds. The molecule has 4 aromatic heterocycles. The Balaban J connectivity index is 0.00000151. The number of nitrogens with zero attached hydrogens (tertiary/aromatic N) is 8. The number of piperidine rings is 1. The first-order chi connectivity index (χ1) is 57.4. The first kappa shape index (κ1) is 125. The van der Waals surface area contributed by atoms with Crippen LogP contribution in [0.4, 0.5) is 0 Å². The molecule has 0 spiro atoms. The Morgan fingerprint density at radius 1 is 0.281 bits per heavy atom. The van der Waals surface area contributed by atoms with E-state index in [1.54, 1.807) is 0 Å². The maximum absolute atomic E-state index is 5.45. The second kappa shape index (κ2) is 73.9. The molecule has 0 N–H and O–H groups in total. The van der Waals surface area contributed by atoms with E-state index in [0.717, 1.165) is 63.1 Å². The number of likely N-dealkylation sites (tertiary alicyclic amines) is 2. The number of benzene rings is 4. The van der Waals surface area contributed by atoms with Crippen molar-refractivity contribution in [3.8, 4) is 0 Å². The van der Waals surface area contributed by atoms with Gasteiger partial charge in [-0.15, -0.1) is 0 Å². The van der Waals surface area contributed by atoms with Gasteiger partial charge in [0.25, 0.3) is 20.0 Å². The molecule has 11 aliphatic rings. The van der Waals surface area contributed by atoms with Crippen molar-refractivity contribution in [3.05, 3.63) is 201 Å². The number of ether oxygens (including phenoxy) is 1. The fraction of sp³-hybridized carbons (Fsp3) is 0.604. The van der Waals surface area contributed by atoms with E-state index in [0.29, 0.717) is 0 Å². The predicted octanol–water partition coefficient (Wildman–Crippen LogP) is 31.4. The summed E-state index contributed by atoms with van der Waals surface area (Å²) >= 11 is 7.70. The van der Waals surface area contributed by atoms with Crippen molar-refractivity contribution in [2.75, 3.05) is 66.6 Å². The van der Waals surface area contributed by atoms with E-state index in [1.165, 1.54) is 415 Å². The SMILES string of the molecule is C(=C\N1CCCC1)/c1sc2ccccc2[n+]1CCCC1CCCC1.C(=C\N1CCCCC1)/c1sc2ccccc2[n+]1CCCC1CCCC1.C(=C\N1CCOCC1)/c1sc2ccccc2[n+]1CCCC1CCCC1.C1CCCC1.C1CCCC1.C1CCCC1.C1CCCC1.CN(C)/C=C/c1sc2ccccc2[n+]1CCCC1CCCC1.[CH3-].[CH3-].[CH3-].[CH3-].[CH3-].[CH3-].[CH3-].[CH3-].[Fe+2].[Fe+2].[Fe+2].[Fe+2]. The third kappa shape index (κ3) is 43.8. The second-order valence-electron chi connectivity index (χ2n) is 36.2. The molecule has 7 heterocycles. The number of fused-ring (bicyclic) bond motifs is 4. The number of thiazole rings is 4. The average molecular weight is 1990 g/mol. The summed E-state index contributed by atoms with van der Waals surface area (Å²) in [5.41, 5.74) is 5.60. The van der Waals surface area contributed by atoms with Gasteiger partial charge in [-0.1, -0.05) is 325 Å². The van der Waals surface area contributed by atoms with Crippen LogP contribution in [0.1, 0.15) is 335 Å². The van der Waals surface area contributed by atoms with Crippen LogP contribution in [0.3, 0.4) is 0 Å². The van der Waals surface area contributed by atoms with Gasteiger partial charge < -0.3 is 83.7 Å². The number of hydrogen-bond donors (Lipinski definition) is 0. The Morgan fingerprint density at radius 3 is 0.719 bits per heavy atom. The first-order valence-electron chi connectivity index (χ1n) is 48.3. The van der Waals surface area contributed by atoms with Crippen LogP contribution < -0.4 is 18.3 Å². The summed E-state index contributed by atoms with van der Waals surface area (Å²) in [5, 5.41) is 5.56. The smallest absolute Gasteiger partial charge is 0.383 e. The maximum Gasteiger partial charge on any atom is 2.00 e. The van der Waals surface area contributed by atoms with Gasteiger partial charge in [-0.2, -0.15) is 18.3 Å². The van der Waals surface area contributed by atoms with E-state index in [-0.39, 0.29) is 128 Å². The van der Waals surface area contributed by atoms with Crippen molar-refractivity contribution in [1.29, 1.82) is 0 Å². The molecule has 19 rings (SSSR count). The van der Waals surface area contributed by atoms with Crippen molar-refractivity contribution in [1.82, 2.24) is 19.6 Å². The standard InChI is InChI=1S/C22H31N2S.C21H29N2OS.C21H29N2S.C19H27N2S.4C5H10.8CH3.4Fe/c1-6-15-23(16-7-1)18-14-22-24(17-8-11-19-9-2-3-10-19)20-12-4-5-13-21(20)25-22;1-2-7-18(6-1)8-5-12-23-19-9-3-4-10-20(19)25-21(23)11-13-22-14-16-24-17-15-22;1-2-9-18(8-1)10-7-16-23-19-11-3-4-12-20(19)24-21(23)13-17-22-14-5-6-15-22;1-20(2)15-13-19-21(14-7-10-16-8-3-4-9-16)17-11-5-6-12-18(17)22-19;4*1-2-4-5-3-1;;;;;;;;;;;;/h4-5,12-14,18-19H,1-3,6-11,15-17H2;3-4,9-11,13,18H,1-2,5-8,12,14-17H2;3-4,11-13,17-18H,1-2,5-10,14-16H2;5-6,11-13,15-16H,3-4,7-10,14H2,1-2H3;4*1-5H2;8*1H3;;;;/q4*+1;;;;;8*-1;4*+2. The minimum absolute atomic E-state index is 0. The molecular weight excluding hydrogens is 1810 g/mol. The normalized spacial score (nSPS) is 17.7. The van der Waals surface area contributed by atoms with Crippen LogP contribution >= 0.6 is 45.3 Å². The third-order valence-corrected chi connectivity index (χ3v) is 31.3. The Labute approximate surface area is 846 Å². The Hall–Kier alpha value is -3.36. The van der Waals surface area contributed by atoms with E-state index in [9.17, 15) is 0 Å². The van der Waals surface area contributed by atoms with Gasteiger partial charge in [0.05, 0.1) is 13.2 Å². The third-order valence-electron chi connectivity index (χ3n) is 26.8. The summed E-state index contributed by atoms with van der Waals surface area (Å²) in [6.07, 6.45) is 89.4. The molecule has 4 aromatic carbocycles. The number of rotatable bonds is 24. The molecule has 3 aliphatic heterocycles. The largest absolute Gasteiger partial charge is 2.00 e. The van der Waals surface area contributed by atoms with Crippen LogP contribution in [0.2, 0.25) is 0 Å². The average Bonchev–Trinajstić information content (AvgIpc) is 1.68. The molecule has 11 fully saturated rings. The molecule has 8 aliphatic carbocycles. The van der Waals surface area contributed by atoms with Crippen molar-refractivity contribution in [3.63, 3.8) is 0 Å². The fourth-order valence-electron chi connectivity index (χ4n) is 19.9. The van der Waals surface area contributed by atoms with Gasteiger partial charge >= 0.3 is 68.3 Å². The maximum atomic E-state index is 5.45. The molecular formula is C111H180Fe4N8OS4+4. The van der Waals surface area contributed by atoms with Gasteiger partial charge in [0, 0.05) is 152 Å². The molecule has 0 atom stereocenters. The van der Waals surface area contributed by atoms with Gasteiger partial charge in [0.15, 0.2) is 26.2 Å². The van der Waals surface area contributed by atoms with Crippen molar-refractivity contribution in [2.45, 2.75) is 341 Å². The van der Waals surface area contributed by atoms with Gasteiger partial charge in [-0.25, -0.2) is 0 Å². The molecule has 0 bridgehead atoms. The van der Waals surface area contributed by atoms with Crippen molar-refractivity contribution >= 4 is 111 Å². The van der Waals surface area contributed by atoms with Gasteiger partial charge in [-0.05, 0) is 106 Å². The fourth-order valence-corrected chi connectivity index (χ4v) is 24.3. The van der Waals surface area contributed by atoms with E-state index in [2.05, 4.69) is 198 Å². The van der Waals surface area contributed by atoms with Crippen LogP contribution in [-0.2, 0) is 99.2 Å². The van der Waals surface area contributed by atoms with Crippen molar-refractivity contribution in [2.24, 2.45) is 23.7 Å². The number of aromatic nitrogens is 4. The van der Waals surface area contributed by atoms with Crippen molar-refractivity contribution < 1.29 is 91.3 Å². The van der Waals surface area contributed by atoms with Gasteiger partial charge in [0.2, 0.25) is 22.1 Å². The van der Waals surface area contributed by atoms with Crippen LogP contribution in [0.15, 0.2) is 122 Å². The summed E-state index contributed by atoms with van der Waals surface area (Å²) in [6.45, 7) is 13.2. The Bertz CT molecular complexity index is 3910. The zero-order valence-corrected chi connectivity index (χ0v) is 90.0. The van der Waals surface area contributed by atoms with E-state index >= 15 is 0 Å². The molecule has 0 unspecified atom stereocenters. The van der Waals surface area contributed by atoms with Crippen LogP contribution in [0.25, 0.3) is 65.2 Å². The zero-order chi connectivity index (χ0) is 79.5. The molecule has 722 valence electrons. The number of aryl methyl sites for hydroxylation is 4. The number of para-hydroxylation sites is 4. The first-order valence-corrected chi connectivity index (χ1v) is 51.6. The summed E-state index contributed by atoms with van der Waals surface area (Å²) < 4.78 is 21.2. The Morgan fingerprint density at radius 2 is 0.484 bits per heavy atom. The topological polar surface area (TPSA) is 37.7 Å². The Kier molecular flexibility index (Phi) is 71.9. The quantitative estimate of drug-likeness (QED) is 0.0342. The van der Waals surface area contributed by atoms with Gasteiger partial charge in [-0.3, -0.25) is 0 Å². The molecule has 17 heteroatoms. The second-order valence-corrected chi connectivity index (χ2v) is 40.4. The molecule has 8 aromatic rings. The van der Waals surface area contributed by atoms with E-state index in [4.69, 9.17) is 4.74 Å². The monoisotopic (exact) mass is 1990 g/mol. The van der Waals surface area contributed by atoms with Crippen LogP contribution in [0.5, 0.6) is 0 Å². The molecule has 9 nitrogen and oxygen atoms in total. The van der Waals surface area contributed by atoms with E-state index < -0.39 is 0 Å². The van der Waals surface area contributed by atoms with E-state index in [1.807, 2.05) is 45.3 Å². The zero-order valence-electron chi connectivity index (χ0n) is 82.3. The minimum atomic E-state index is 0. The molecule has 3 saturated heterocycles. The molecule has 128 heavy (non-hydrogen) atoms. The summed E-state index contributed by atoms with van der Waals surface area (Å²) in [7, 11) is 4.16.